The highest BCUT2D eigenvalue weighted by molar-refractivity contribution is 7.16. The van der Waals surface area contributed by atoms with Gasteiger partial charge < -0.3 is 10.1 Å². The van der Waals surface area contributed by atoms with Crippen LogP contribution in [0.5, 0.6) is 0 Å². The molecule has 0 atom stereocenters. The highest BCUT2D eigenvalue weighted by Crippen LogP contribution is 2.33. The molecule has 6 heteroatoms. The Morgan fingerprint density at radius 3 is 2.37 bits per heavy atom. The zero-order valence-corrected chi connectivity index (χ0v) is 17.0. The van der Waals surface area contributed by atoms with Gasteiger partial charge in [-0.15, -0.1) is 11.3 Å². The van der Waals surface area contributed by atoms with Gasteiger partial charge in [0.1, 0.15) is 5.00 Å². The van der Waals surface area contributed by atoms with Crippen molar-refractivity contribution in [1.82, 2.24) is 0 Å². The zero-order chi connectivity index (χ0) is 20.0. The largest absolute Gasteiger partial charge is 0.454 e. The van der Waals surface area contributed by atoms with Gasteiger partial charge in [0.15, 0.2) is 12.4 Å². The minimum atomic E-state index is -0.603. The number of unbranched alkanes of at least 4 members (excludes halogenated alkanes) is 1. The highest BCUT2D eigenvalue weighted by Gasteiger charge is 2.22. The molecule has 0 unspecified atom stereocenters. The summed E-state index contributed by atoms with van der Waals surface area (Å²) in [6.45, 7) is 6.85. The molecule has 0 radical (unpaired) electrons. The van der Waals surface area contributed by atoms with E-state index in [1.165, 1.54) is 23.8 Å². The molecule has 144 valence electrons. The van der Waals surface area contributed by atoms with Gasteiger partial charge in [0, 0.05) is 17.4 Å². The van der Waals surface area contributed by atoms with Crippen LogP contribution in [0.2, 0.25) is 0 Å². The Morgan fingerprint density at radius 1 is 1.11 bits per heavy atom. The molecule has 0 saturated heterocycles. The van der Waals surface area contributed by atoms with Crippen LogP contribution in [0.4, 0.5) is 5.00 Å². The summed E-state index contributed by atoms with van der Waals surface area (Å²) in [6, 6.07) is 7.41. The Kier molecular flexibility index (Phi) is 7.30. The average Bonchev–Trinajstić information content (AvgIpc) is 2.91. The van der Waals surface area contributed by atoms with E-state index in [1.54, 1.807) is 19.1 Å². The Morgan fingerprint density at radius 2 is 1.78 bits per heavy atom. The number of rotatable bonds is 8. The molecule has 0 aliphatic carbocycles. The van der Waals surface area contributed by atoms with Gasteiger partial charge in [0.25, 0.3) is 0 Å². The molecule has 2 aromatic rings. The lowest BCUT2D eigenvalue weighted by Gasteiger charge is -2.08. The first-order chi connectivity index (χ1) is 12.8. The van der Waals surface area contributed by atoms with Gasteiger partial charge in [0.05, 0.1) is 5.56 Å². The number of carbonyl (C=O) groups excluding carboxylic acids is 3. The predicted octanol–water partition coefficient (Wildman–Crippen LogP) is 4.71. The maximum atomic E-state index is 12.5. The summed E-state index contributed by atoms with van der Waals surface area (Å²) in [5, 5.41) is 3.11. The third kappa shape index (κ3) is 5.50. The molecular weight excluding hydrogens is 362 g/mol. The topological polar surface area (TPSA) is 72.5 Å². The molecule has 0 fully saturated rings. The average molecular weight is 388 g/mol. The Labute approximate surface area is 163 Å². The van der Waals surface area contributed by atoms with Crippen molar-refractivity contribution in [2.24, 2.45) is 0 Å². The molecule has 1 N–H and O–H groups in total. The van der Waals surface area contributed by atoms with E-state index in [2.05, 4.69) is 12.2 Å². The van der Waals surface area contributed by atoms with E-state index >= 15 is 0 Å². The third-order valence-electron chi connectivity index (χ3n) is 4.31. The van der Waals surface area contributed by atoms with Crippen molar-refractivity contribution in [2.75, 3.05) is 11.9 Å². The van der Waals surface area contributed by atoms with Gasteiger partial charge >= 0.3 is 5.97 Å². The smallest absolute Gasteiger partial charge is 0.341 e. The number of ketones is 1. The van der Waals surface area contributed by atoms with Crippen molar-refractivity contribution in [3.63, 3.8) is 0 Å². The molecule has 0 aliphatic rings. The van der Waals surface area contributed by atoms with Crippen LogP contribution in [0.3, 0.4) is 0 Å². The number of anilines is 1. The number of carbonyl (C=O) groups is 3. The molecule has 1 heterocycles. The molecule has 27 heavy (non-hydrogen) atoms. The number of Topliss-reactive ketones (excluding diaryl/α,β-unsaturated/α-hetero) is 1. The molecule has 0 aliphatic heterocycles. The first-order valence-corrected chi connectivity index (χ1v) is 9.82. The lowest BCUT2D eigenvalue weighted by molar-refractivity contribution is -0.114. The fourth-order valence-corrected chi connectivity index (χ4v) is 3.74. The summed E-state index contributed by atoms with van der Waals surface area (Å²) in [5.74, 6) is -1.12. The van der Waals surface area contributed by atoms with Crippen molar-refractivity contribution in [3.05, 3.63) is 51.4 Å². The summed E-state index contributed by atoms with van der Waals surface area (Å²) in [6.07, 6.45) is 3.22. The minimum Gasteiger partial charge on any atom is -0.454 e. The fourth-order valence-electron chi connectivity index (χ4n) is 2.65. The van der Waals surface area contributed by atoms with Gasteiger partial charge in [-0.05, 0) is 37.8 Å². The normalized spacial score (nSPS) is 10.5. The van der Waals surface area contributed by atoms with Crippen LogP contribution in [0.25, 0.3) is 0 Å². The molecule has 0 bridgehead atoms. The van der Waals surface area contributed by atoms with Gasteiger partial charge in [-0.25, -0.2) is 4.79 Å². The number of thiophene rings is 1. The summed E-state index contributed by atoms with van der Waals surface area (Å²) in [7, 11) is 0. The second kappa shape index (κ2) is 9.46. The summed E-state index contributed by atoms with van der Waals surface area (Å²) < 4.78 is 5.22. The molecular formula is C21H25NO4S. The van der Waals surface area contributed by atoms with E-state index in [0.29, 0.717) is 16.1 Å². The lowest BCUT2D eigenvalue weighted by Crippen LogP contribution is -2.16. The summed E-state index contributed by atoms with van der Waals surface area (Å²) in [5.41, 5.74) is 2.77. The zero-order valence-electron chi connectivity index (χ0n) is 16.2. The van der Waals surface area contributed by atoms with Gasteiger partial charge in [-0.1, -0.05) is 37.6 Å². The highest BCUT2D eigenvalue weighted by atomic mass is 32.1. The van der Waals surface area contributed by atoms with Crippen LogP contribution in [-0.4, -0.2) is 24.3 Å². The van der Waals surface area contributed by atoms with Crippen molar-refractivity contribution in [1.29, 1.82) is 0 Å². The third-order valence-corrected chi connectivity index (χ3v) is 5.43. The van der Waals surface area contributed by atoms with Crippen LogP contribution in [-0.2, 0) is 16.0 Å². The molecule has 1 aromatic carbocycles. The van der Waals surface area contributed by atoms with E-state index in [0.717, 1.165) is 29.7 Å². The van der Waals surface area contributed by atoms with Crippen LogP contribution in [0.1, 0.15) is 63.4 Å². The predicted molar refractivity (Wildman–Crippen MR) is 108 cm³/mol. The number of benzene rings is 1. The maximum Gasteiger partial charge on any atom is 0.341 e. The van der Waals surface area contributed by atoms with E-state index in [-0.39, 0.29) is 18.3 Å². The van der Waals surface area contributed by atoms with Gasteiger partial charge in [-0.3, -0.25) is 9.59 Å². The van der Waals surface area contributed by atoms with E-state index in [4.69, 9.17) is 4.74 Å². The van der Waals surface area contributed by atoms with E-state index in [9.17, 15) is 14.4 Å². The number of ether oxygens (including phenoxy) is 1. The van der Waals surface area contributed by atoms with Gasteiger partial charge in [-0.2, -0.15) is 0 Å². The maximum absolute atomic E-state index is 12.5. The SMILES string of the molecule is CCCCc1ccc(C(=O)COC(=O)c2c(NC(C)=O)sc(C)c2C)cc1. The van der Waals surface area contributed by atoms with Crippen LogP contribution in [0, 0.1) is 13.8 Å². The van der Waals surface area contributed by atoms with E-state index in [1.807, 2.05) is 19.1 Å². The molecule has 1 amide bonds. The monoisotopic (exact) mass is 387 g/mol. The minimum absolute atomic E-state index is 0.254. The standard InChI is InChI=1S/C21H25NO4S/c1-5-6-7-16-8-10-17(11-9-16)18(24)12-26-21(25)19-13(2)14(3)27-20(19)22-15(4)23/h8-11H,5-7,12H2,1-4H3,(H,22,23). The Bertz CT molecular complexity index is 837. The second-order valence-corrected chi connectivity index (χ2v) is 7.69. The molecule has 0 spiro atoms. The number of hydrogen-bond donors (Lipinski definition) is 1. The first kappa shape index (κ1) is 20.8. The summed E-state index contributed by atoms with van der Waals surface area (Å²) >= 11 is 1.32. The summed E-state index contributed by atoms with van der Waals surface area (Å²) in [4.78, 5) is 37.0. The number of aryl methyl sites for hydroxylation is 2. The molecule has 2 rings (SSSR count). The number of nitrogens with one attached hydrogen (secondary N) is 1. The van der Waals surface area contributed by atoms with Crippen LogP contribution >= 0.6 is 11.3 Å². The van der Waals surface area contributed by atoms with Gasteiger partial charge in [0.2, 0.25) is 5.91 Å². The van der Waals surface area contributed by atoms with Crippen molar-refractivity contribution < 1.29 is 19.1 Å². The fraction of sp³-hybridized carbons (Fsp3) is 0.381. The lowest BCUT2D eigenvalue weighted by atomic mass is 10.0. The molecule has 5 nitrogen and oxygen atoms in total. The number of esters is 1. The molecule has 0 saturated carbocycles. The second-order valence-electron chi connectivity index (χ2n) is 6.47. The van der Waals surface area contributed by atoms with Crippen LogP contribution < -0.4 is 5.32 Å². The number of amides is 1. The van der Waals surface area contributed by atoms with Crippen molar-refractivity contribution >= 4 is 34.0 Å². The Hall–Kier alpha value is -2.47. The van der Waals surface area contributed by atoms with E-state index < -0.39 is 5.97 Å². The first-order valence-electron chi connectivity index (χ1n) is 9.00. The van der Waals surface area contributed by atoms with Crippen molar-refractivity contribution in [2.45, 2.75) is 47.0 Å². The van der Waals surface area contributed by atoms with Crippen molar-refractivity contribution in [3.8, 4) is 0 Å². The Balaban J connectivity index is 2.03. The quantitative estimate of drug-likeness (QED) is 0.526. The van der Waals surface area contributed by atoms with Crippen LogP contribution in [0.15, 0.2) is 24.3 Å². The molecule has 1 aromatic heterocycles. The number of hydrogen-bond acceptors (Lipinski definition) is 5.